The summed E-state index contributed by atoms with van der Waals surface area (Å²) in [6.07, 6.45) is 6.65. The van der Waals surface area contributed by atoms with Gasteiger partial charge in [0, 0.05) is 42.7 Å². The fourth-order valence-corrected chi connectivity index (χ4v) is 4.58. The molecule has 5 rings (SSSR count). The van der Waals surface area contributed by atoms with Gasteiger partial charge in [-0.15, -0.1) is 0 Å². The molecule has 1 aliphatic carbocycles. The summed E-state index contributed by atoms with van der Waals surface area (Å²) < 4.78 is 3.65. The van der Waals surface area contributed by atoms with Gasteiger partial charge in [0.25, 0.3) is 5.56 Å². The maximum atomic E-state index is 13.1. The van der Waals surface area contributed by atoms with Crippen LogP contribution in [-0.2, 0) is 24.8 Å². The maximum absolute atomic E-state index is 13.1. The standard InChI is InChI=1S/C23H26N4O2/c1-25-14-17(19-6-2-3-7-21(19)25)13-23(29)26-12-4-5-18(26)15-27-22(28)11-10-20(24-27)16-8-9-16/h2-3,6-7,10-11,14,16,18H,4-5,8-9,12-13,15H2,1H3. The normalized spacial score (nSPS) is 19.2. The average molecular weight is 390 g/mol. The third-order valence-electron chi connectivity index (χ3n) is 6.29. The van der Waals surface area contributed by atoms with Crippen LogP contribution in [-0.4, -0.2) is 37.7 Å². The Kier molecular flexibility index (Phi) is 4.49. The highest BCUT2D eigenvalue weighted by Gasteiger charge is 2.31. The minimum absolute atomic E-state index is 0.0390. The second kappa shape index (κ2) is 7.17. The fourth-order valence-electron chi connectivity index (χ4n) is 4.58. The molecule has 0 N–H and O–H groups in total. The van der Waals surface area contributed by atoms with Crippen molar-refractivity contribution in [1.82, 2.24) is 19.2 Å². The molecule has 1 atom stereocenters. The zero-order valence-corrected chi connectivity index (χ0v) is 16.8. The number of para-hydroxylation sites is 1. The van der Waals surface area contributed by atoms with Crippen LogP contribution in [0.15, 0.2) is 47.4 Å². The lowest BCUT2D eigenvalue weighted by molar-refractivity contribution is -0.131. The molecule has 0 spiro atoms. The first-order valence-corrected chi connectivity index (χ1v) is 10.5. The van der Waals surface area contributed by atoms with Crippen molar-refractivity contribution in [2.75, 3.05) is 6.54 Å². The Hall–Kier alpha value is -2.89. The van der Waals surface area contributed by atoms with E-state index in [1.165, 1.54) is 0 Å². The van der Waals surface area contributed by atoms with E-state index in [9.17, 15) is 9.59 Å². The van der Waals surface area contributed by atoms with Gasteiger partial charge >= 0.3 is 0 Å². The van der Waals surface area contributed by atoms with Gasteiger partial charge in [-0.3, -0.25) is 9.59 Å². The van der Waals surface area contributed by atoms with E-state index in [2.05, 4.69) is 28.0 Å². The highest BCUT2D eigenvalue weighted by molar-refractivity contribution is 5.89. The minimum Gasteiger partial charge on any atom is -0.350 e. The van der Waals surface area contributed by atoms with Crippen LogP contribution in [0, 0.1) is 0 Å². The largest absolute Gasteiger partial charge is 0.350 e. The van der Waals surface area contributed by atoms with E-state index in [0.29, 0.717) is 18.9 Å². The molecule has 0 bridgehead atoms. The number of amides is 1. The van der Waals surface area contributed by atoms with E-state index < -0.39 is 0 Å². The molecule has 1 aromatic carbocycles. The maximum Gasteiger partial charge on any atom is 0.266 e. The van der Waals surface area contributed by atoms with Gasteiger partial charge in [0.1, 0.15) is 0 Å². The van der Waals surface area contributed by atoms with E-state index in [0.717, 1.165) is 54.4 Å². The molecule has 3 aromatic rings. The van der Waals surface area contributed by atoms with Crippen molar-refractivity contribution in [1.29, 1.82) is 0 Å². The van der Waals surface area contributed by atoms with Crippen molar-refractivity contribution >= 4 is 16.8 Å². The highest BCUT2D eigenvalue weighted by Crippen LogP contribution is 2.38. The summed E-state index contributed by atoms with van der Waals surface area (Å²) in [5.74, 6) is 0.643. The number of likely N-dealkylation sites (tertiary alicyclic amines) is 1. The summed E-state index contributed by atoms with van der Waals surface area (Å²) in [6.45, 7) is 1.24. The van der Waals surface area contributed by atoms with Gasteiger partial charge in [-0.25, -0.2) is 4.68 Å². The molecule has 1 aliphatic heterocycles. The van der Waals surface area contributed by atoms with Gasteiger partial charge in [-0.1, -0.05) is 18.2 Å². The van der Waals surface area contributed by atoms with Crippen LogP contribution >= 0.6 is 0 Å². The predicted molar refractivity (Wildman–Crippen MR) is 112 cm³/mol. The van der Waals surface area contributed by atoms with Gasteiger partial charge in [0.15, 0.2) is 0 Å². The third-order valence-corrected chi connectivity index (χ3v) is 6.29. The van der Waals surface area contributed by atoms with Crippen molar-refractivity contribution in [3.8, 4) is 0 Å². The Bertz CT molecular complexity index is 1130. The number of carbonyl (C=O) groups excluding carboxylic acids is 1. The Morgan fingerprint density at radius 3 is 2.79 bits per heavy atom. The molecule has 1 amide bonds. The summed E-state index contributed by atoms with van der Waals surface area (Å²) in [7, 11) is 2.01. The number of rotatable bonds is 5. The Morgan fingerprint density at radius 2 is 1.97 bits per heavy atom. The SMILES string of the molecule is Cn1cc(CC(=O)N2CCCC2Cn2nc(C3CC3)ccc2=O)c2ccccc21. The molecule has 2 aliphatic rings. The van der Waals surface area contributed by atoms with E-state index in [1.54, 1.807) is 10.7 Å². The van der Waals surface area contributed by atoms with Gasteiger partial charge in [-0.05, 0) is 43.4 Å². The summed E-state index contributed by atoms with van der Waals surface area (Å²) in [5.41, 5.74) is 3.13. The smallest absolute Gasteiger partial charge is 0.266 e. The quantitative estimate of drug-likeness (QED) is 0.673. The van der Waals surface area contributed by atoms with Crippen LogP contribution in [0.2, 0.25) is 0 Å². The summed E-state index contributed by atoms with van der Waals surface area (Å²) in [6, 6.07) is 11.7. The molecule has 1 saturated carbocycles. The molecule has 150 valence electrons. The van der Waals surface area contributed by atoms with Crippen molar-refractivity contribution in [3.05, 3.63) is 64.2 Å². The Balaban J connectivity index is 1.34. The number of carbonyl (C=O) groups is 1. The molecule has 0 radical (unpaired) electrons. The molecule has 3 heterocycles. The van der Waals surface area contributed by atoms with Crippen molar-refractivity contribution in [2.24, 2.45) is 7.05 Å². The van der Waals surface area contributed by atoms with Crippen LogP contribution < -0.4 is 5.56 Å². The van der Waals surface area contributed by atoms with Gasteiger partial charge in [-0.2, -0.15) is 5.10 Å². The number of aryl methyl sites for hydroxylation is 1. The van der Waals surface area contributed by atoms with E-state index in [4.69, 9.17) is 0 Å². The zero-order valence-electron chi connectivity index (χ0n) is 16.8. The third kappa shape index (κ3) is 3.48. The van der Waals surface area contributed by atoms with E-state index in [1.807, 2.05) is 30.1 Å². The van der Waals surface area contributed by atoms with Gasteiger partial charge in [0.05, 0.1) is 24.7 Å². The number of fused-ring (bicyclic) bond motifs is 1. The van der Waals surface area contributed by atoms with Crippen LogP contribution in [0.4, 0.5) is 0 Å². The first kappa shape index (κ1) is 18.2. The van der Waals surface area contributed by atoms with E-state index >= 15 is 0 Å². The minimum atomic E-state index is -0.0808. The summed E-state index contributed by atoms with van der Waals surface area (Å²) in [5, 5.41) is 5.72. The Labute approximate surface area is 169 Å². The molecule has 2 aromatic heterocycles. The first-order chi connectivity index (χ1) is 14.1. The van der Waals surface area contributed by atoms with Crippen molar-refractivity contribution < 1.29 is 4.79 Å². The molecule has 6 nitrogen and oxygen atoms in total. The molecular formula is C23H26N4O2. The van der Waals surface area contributed by atoms with Crippen molar-refractivity contribution in [3.63, 3.8) is 0 Å². The number of hydrogen-bond donors (Lipinski definition) is 0. The van der Waals surface area contributed by atoms with E-state index in [-0.39, 0.29) is 17.5 Å². The summed E-state index contributed by atoms with van der Waals surface area (Å²) >= 11 is 0. The fraction of sp³-hybridized carbons (Fsp3) is 0.435. The second-order valence-electron chi connectivity index (χ2n) is 8.40. The topological polar surface area (TPSA) is 60.1 Å². The van der Waals surface area contributed by atoms with Crippen LogP contribution in [0.3, 0.4) is 0 Å². The van der Waals surface area contributed by atoms with Crippen LogP contribution in [0.5, 0.6) is 0 Å². The molecular weight excluding hydrogens is 364 g/mol. The number of aromatic nitrogens is 3. The molecule has 29 heavy (non-hydrogen) atoms. The molecule has 1 unspecified atom stereocenters. The number of hydrogen-bond acceptors (Lipinski definition) is 3. The number of benzene rings is 1. The average Bonchev–Trinajstić information content (AvgIpc) is 3.39. The monoisotopic (exact) mass is 390 g/mol. The first-order valence-electron chi connectivity index (χ1n) is 10.5. The predicted octanol–water partition coefficient (Wildman–Crippen LogP) is 2.85. The van der Waals surface area contributed by atoms with Crippen LogP contribution in [0.1, 0.15) is 42.9 Å². The molecule has 1 saturated heterocycles. The molecule has 6 heteroatoms. The zero-order chi connectivity index (χ0) is 20.0. The molecule has 2 fully saturated rings. The lowest BCUT2D eigenvalue weighted by atomic mass is 10.1. The van der Waals surface area contributed by atoms with Gasteiger partial charge in [0.2, 0.25) is 5.91 Å². The number of nitrogens with zero attached hydrogens (tertiary/aromatic N) is 4. The van der Waals surface area contributed by atoms with Gasteiger partial charge < -0.3 is 9.47 Å². The second-order valence-corrected chi connectivity index (χ2v) is 8.40. The van der Waals surface area contributed by atoms with Crippen molar-refractivity contribution in [2.45, 2.75) is 50.6 Å². The lowest BCUT2D eigenvalue weighted by Gasteiger charge is -2.25. The van der Waals surface area contributed by atoms with Crippen LogP contribution in [0.25, 0.3) is 10.9 Å². The Morgan fingerprint density at radius 1 is 1.14 bits per heavy atom. The lowest BCUT2D eigenvalue weighted by Crippen LogP contribution is -2.41. The summed E-state index contributed by atoms with van der Waals surface area (Å²) in [4.78, 5) is 27.4. The highest BCUT2D eigenvalue weighted by atomic mass is 16.2.